The van der Waals surface area contributed by atoms with Crippen molar-refractivity contribution in [3.8, 4) is 0 Å². The average molecular weight is 513 g/mol. The molecule has 4 aliphatic rings. The number of rotatable bonds is 7. The molecule has 0 aromatic rings. The van der Waals surface area contributed by atoms with E-state index < -0.39 is 27.8 Å². The number of carbonyl (C=O) groups is 5. The van der Waals surface area contributed by atoms with Crippen LogP contribution in [-0.4, -0.2) is 40.6 Å². The van der Waals surface area contributed by atoms with Gasteiger partial charge in [0.15, 0.2) is 11.6 Å². The minimum absolute atomic E-state index is 0.00336. The fourth-order valence-electron chi connectivity index (χ4n) is 9.13. The number of fused-ring (bicyclic) bond motifs is 4. The Morgan fingerprint density at radius 3 is 2.30 bits per heavy atom. The maximum Gasteiger partial charge on any atom is 0.160 e. The quantitative estimate of drug-likeness (QED) is 0.489. The van der Waals surface area contributed by atoms with Gasteiger partial charge in [0, 0.05) is 65.9 Å². The zero-order valence-corrected chi connectivity index (χ0v) is 23.6. The zero-order chi connectivity index (χ0) is 27.7. The van der Waals surface area contributed by atoms with Crippen LogP contribution in [0.3, 0.4) is 0 Å². The lowest BCUT2D eigenvalue weighted by atomic mass is 9.42. The number of ketones is 4. The second kappa shape index (κ2) is 9.07. The minimum atomic E-state index is -0.889. The first-order valence-corrected chi connectivity index (χ1v) is 14.0. The van der Waals surface area contributed by atoms with Crippen LogP contribution in [0.4, 0.5) is 0 Å². The number of aldehydes is 1. The van der Waals surface area contributed by atoms with Crippen LogP contribution in [0.2, 0.25) is 0 Å². The van der Waals surface area contributed by atoms with E-state index in [2.05, 4.69) is 6.92 Å². The van der Waals surface area contributed by atoms with E-state index in [9.17, 15) is 29.1 Å². The van der Waals surface area contributed by atoms with Gasteiger partial charge in [0.2, 0.25) is 0 Å². The number of carbonyl (C=O) groups excluding carboxylic acids is 5. The molecule has 204 valence electrons. The molecule has 6 heteroatoms. The largest absolute Gasteiger partial charge is 0.392 e. The lowest BCUT2D eigenvalue weighted by Crippen LogP contribution is -2.59. The molecule has 0 bridgehead atoms. The van der Waals surface area contributed by atoms with Gasteiger partial charge in [0.1, 0.15) is 17.9 Å². The fraction of sp³-hybridized carbons (Fsp3) is 0.774. The summed E-state index contributed by atoms with van der Waals surface area (Å²) in [7, 11) is 0. The third-order valence-corrected chi connectivity index (χ3v) is 11.5. The summed E-state index contributed by atoms with van der Waals surface area (Å²) >= 11 is 0. The van der Waals surface area contributed by atoms with E-state index in [-0.39, 0.29) is 59.6 Å². The van der Waals surface area contributed by atoms with Crippen LogP contribution < -0.4 is 0 Å². The van der Waals surface area contributed by atoms with Gasteiger partial charge in [-0.1, -0.05) is 48.5 Å². The van der Waals surface area contributed by atoms with E-state index in [0.29, 0.717) is 49.7 Å². The monoisotopic (exact) mass is 512 g/mol. The summed E-state index contributed by atoms with van der Waals surface area (Å²) in [5, 5.41) is 11.6. The van der Waals surface area contributed by atoms with Crippen molar-refractivity contribution in [1.29, 1.82) is 0 Å². The van der Waals surface area contributed by atoms with Gasteiger partial charge < -0.3 is 9.90 Å². The highest BCUT2D eigenvalue weighted by atomic mass is 16.3. The van der Waals surface area contributed by atoms with Crippen molar-refractivity contribution < 1.29 is 29.1 Å². The van der Waals surface area contributed by atoms with Gasteiger partial charge in [-0.3, -0.25) is 19.2 Å². The molecule has 0 unspecified atom stereocenters. The van der Waals surface area contributed by atoms with Crippen molar-refractivity contribution in [3.63, 3.8) is 0 Å². The van der Waals surface area contributed by atoms with Crippen molar-refractivity contribution in [3.05, 3.63) is 11.1 Å². The number of hydrogen-bond acceptors (Lipinski definition) is 6. The molecule has 2 fully saturated rings. The number of Topliss-reactive ketones (excluding diaryl/α,β-unsaturated/α-hetero) is 4. The van der Waals surface area contributed by atoms with E-state index >= 15 is 0 Å². The highest BCUT2D eigenvalue weighted by Gasteiger charge is 2.70. The molecule has 0 heterocycles. The van der Waals surface area contributed by atoms with Crippen LogP contribution >= 0.6 is 0 Å². The summed E-state index contributed by atoms with van der Waals surface area (Å²) in [6, 6.07) is 0. The molecule has 8 atom stereocenters. The van der Waals surface area contributed by atoms with Crippen molar-refractivity contribution in [2.24, 2.45) is 45.3 Å². The molecule has 4 rings (SSSR count). The number of aliphatic hydroxyl groups excluding tert-OH is 1. The second-order valence-electron chi connectivity index (χ2n) is 14.0. The van der Waals surface area contributed by atoms with E-state index in [1.165, 1.54) is 0 Å². The predicted octanol–water partition coefficient (Wildman–Crippen LogP) is 4.84. The van der Waals surface area contributed by atoms with Gasteiger partial charge in [0.05, 0.1) is 6.10 Å². The molecule has 0 saturated heterocycles. The first-order chi connectivity index (χ1) is 17.1. The lowest BCUT2D eigenvalue weighted by Gasteiger charge is -2.59. The van der Waals surface area contributed by atoms with E-state index in [0.717, 1.165) is 6.29 Å². The topological polar surface area (TPSA) is 106 Å². The highest BCUT2D eigenvalue weighted by molar-refractivity contribution is 6.12. The van der Waals surface area contributed by atoms with Crippen LogP contribution in [-0.2, 0) is 24.0 Å². The average Bonchev–Trinajstić information content (AvgIpc) is 2.99. The predicted molar refractivity (Wildman–Crippen MR) is 139 cm³/mol. The number of hydrogen-bond donors (Lipinski definition) is 1. The lowest BCUT2D eigenvalue weighted by molar-refractivity contribution is -0.147. The summed E-state index contributed by atoms with van der Waals surface area (Å²) in [6.45, 7) is 13.8. The molecule has 0 aromatic heterocycles. The zero-order valence-electron chi connectivity index (χ0n) is 23.6. The molecule has 1 N–H and O–H groups in total. The standard InChI is InChI=1S/C31H44O6/c1-17(9-11-32)12-19(33)13-18(2)20-14-25(37)31(7)27-21(34)15-23-28(3,4)24(36)8-10-29(23,5)26(27)22(35)16-30(20,31)6/h11,17-18,20,23,25,37H,8-10,12-16H2,1-7H3/t17-,18-,20-,23+,25+,29+,30-,31+/m1/s1. The van der Waals surface area contributed by atoms with E-state index in [1.807, 2.05) is 41.5 Å². The van der Waals surface area contributed by atoms with Crippen molar-refractivity contribution >= 4 is 29.4 Å². The summed E-state index contributed by atoms with van der Waals surface area (Å²) in [6.07, 6.45) is 2.89. The molecule has 4 aliphatic carbocycles. The normalized spacial score (nSPS) is 40.5. The van der Waals surface area contributed by atoms with Gasteiger partial charge in [-0.2, -0.15) is 0 Å². The van der Waals surface area contributed by atoms with Gasteiger partial charge in [-0.25, -0.2) is 0 Å². The van der Waals surface area contributed by atoms with Gasteiger partial charge in [-0.05, 0) is 41.9 Å². The smallest absolute Gasteiger partial charge is 0.160 e. The Kier molecular flexibility index (Phi) is 6.88. The molecule has 0 amide bonds. The Bertz CT molecular complexity index is 1080. The molecular weight excluding hydrogens is 468 g/mol. The molecular formula is C31H44O6. The van der Waals surface area contributed by atoms with Gasteiger partial charge in [-0.15, -0.1) is 0 Å². The second-order valence-corrected chi connectivity index (χ2v) is 14.0. The van der Waals surface area contributed by atoms with E-state index in [4.69, 9.17) is 0 Å². The highest BCUT2D eigenvalue weighted by Crippen LogP contribution is 2.70. The fourth-order valence-corrected chi connectivity index (χ4v) is 9.13. The van der Waals surface area contributed by atoms with Crippen LogP contribution in [0.1, 0.15) is 99.8 Å². The first kappa shape index (κ1) is 28.1. The Morgan fingerprint density at radius 2 is 1.68 bits per heavy atom. The Labute approximate surface area is 221 Å². The minimum Gasteiger partial charge on any atom is -0.392 e. The molecule has 0 spiro atoms. The third-order valence-electron chi connectivity index (χ3n) is 11.5. The number of aliphatic hydroxyl groups is 1. The summed E-state index contributed by atoms with van der Waals surface area (Å²) in [4.78, 5) is 64.4. The SMILES string of the molecule is C[C@H](CC=O)CC(=O)C[C@@H](C)[C@H]1C[C@H](O)[C@@]2(C)C3=C(C(=O)C[C@]12C)[C@@]1(C)CCC(=O)C(C)(C)[C@@H]1CC3=O. The molecule has 0 aromatic carbocycles. The third kappa shape index (κ3) is 3.87. The maximum absolute atomic E-state index is 14.1. The molecule has 0 radical (unpaired) electrons. The van der Waals surface area contributed by atoms with Gasteiger partial charge in [0.25, 0.3) is 0 Å². The Hall–Kier alpha value is -1.95. The van der Waals surface area contributed by atoms with E-state index in [1.54, 1.807) is 0 Å². The molecule has 37 heavy (non-hydrogen) atoms. The molecule has 6 nitrogen and oxygen atoms in total. The van der Waals surface area contributed by atoms with Crippen molar-refractivity contribution in [2.75, 3.05) is 0 Å². The van der Waals surface area contributed by atoms with Crippen LogP contribution in [0.25, 0.3) is 0 Å². The number of allylic oxidation sites excluding steroid dienone is 1. The Morgan fingerprint density at radius 1 is 1.03 bits per heavy atom. The summed E-state index contributed by atoms with van der Waals surface area (Å²) in [5.41, 5.74) is -1.73. The molecule has 2 saturated carbocycles. The molecule has 0 aliphatic heterocycles. The van der Waals surface area contributed by atoms with Crippen LogP contribution in [0, 0.1) is 45.3 Å². The summed E-state index contributed by atoms with van der Waals surface area (Å²) in [5.74, 6) is -0.299. The van der Waals surface area contributed by atoms with Crippen LogP contribution in [0.5, 0.6) is 0 Å². The van der Waals surface area contributed by atoms with Crippen molar-refractivity contribution in [2.45, 2.75) is 106 Å². The summed E-state index contributed by atoms with van der Waals surface area (Å²) < 4.78 is 0. The van der Waals surface area contributed by atoms with Gasteiger partial charge >= 0.3 is 0 Å². The van der Waals surface area contributed by atoms with Crippen LogP contribution in [0.15, 0.2) is 11.1 Å². The Balaban J connectivity index is 1.74. The van der Waals surface area contributed by atoms with Crippen molar-refractivity contribution in [1.82, 2.24) is 0 Å². The maximum atomic E-state index is 14.1. The first-order valence-electron chi connectivity index (χ1n) is 14.0.